The highest BCUT2D eigenvalue weighted by molar-refractivity contribution is 5.91. The highest BCUT2D eigenvalue weighted by Gasteiger charge is 2.21. The highest BCUT2D eigenvalue weighted by Crippen LogP contribution is 2.18. The number of esters is 2. The van der Waals surface area contributed by atoms with Gasteiger partial charge in [-0.2, -0.15) is 0 Å². The van der Waals surface area contributed by atoms with E-state index in [9.17, 15) is 19.2 Å². The number of hydrogen-bond donors (Lipinski definition) is 4. The minimum absolute atomic E-state index is 0.0651. The molecule has 2 saturated carbocycles. The lowest BCUT2D eigenvalue weighted by atomic mass is 9.96. The van der Waals surface area contributed by atoms with Crippen LogP contribution in [0, 0.1) is 0 Å². The summed E-state index contributed by atoms with van der Waals surface area (Å²) in [5, 5.41) is 12.0. The molecule has 0 unspecified atom stereocenters. The summed E-state index contributed by atoms with van der Waals surface area (Å²) in [6, 6.07) is 18.1. The first-order chi connectivity index (χ1) is 22.4. The van der Waals surface area contributed by atoms with E-state index in [0.29, 0.717) is 12.8 Å². The lowest BCUT2D eigenvalue weighted by Crippen LogP contribution is -2.49. The summed E-state index contributed by atoms with van der Waals surface area (Å²) >= 11 is 0. The second-order valence-corrected chi connectivity index (χ2v) is 12.3. The molecule has 2 aliphatic carbocycles. The predicted molar refractivity (Wildman–Crippen MR) is 176 cm³/mol. The van der Waals surface area contributed by atoms with E-state index >= 15 is 0 Å². The van der Waals surface area contributed by atoms with Crippen LogP contribution in [-0.2, 0) is 31.9 Å². The van der Waals surface area contributed by atoms with Crippen molar-refractivity contribution in [2.45, 2.75) is 101 Å². The molecule has 0 heterocycles. The molecule has 2 aromatic rings. The second-order valence-electron chi connectivity index (χ2n) is 12.3. The topological polar surface area (TPSA) is 135 Å². The van der Waals surface area contributed by atoms with E-state index in [4.69, 9.17) is 9.47 Å². The number of ether oxygens (including phenoxy) is 2. The van der Waals surface area contributed by atoms with Crippen LogP contribution in [0.25, 0.3) is 0 Å². The number of rotatable bonds is 14. The molecule has 4 rings (SSSR count). The Kier molecular flexibility index (Phi) is 14.4. The molecule has 0 radical (unpaired) electrons. The minimum atomic E-state index is -0.727. The Balaban J connectivity index is 1.25. The number of hydrogen-bond acceptors (Lipinski definition) is 6. The van der Waals surface area contributed by atoms with E-state index in [-0.39, 0.29) is 37.4 Å². The zero-order valence-electron chi connectivity index (χ0n) is 26.6. The van der Waals surface area contributed by atoms with Crippen LogP contribution in [0.5, 0.6) is 0 Å². The molecule has 2 aliphatic rings. The third-order valence-electron chi connectivity index (χ3n) is 8.41. The molecule has 10 heteroatoms. The van der Waals surface area contributed by atoms with Crippen LogP contribution in [-0.4, -0.2) is 61.4 Å². The summed E-state index contributed by atoms with van der Waals surface area (Å²) in [6.45, 7) is -0.130. The molecule has 0 spiro atoms. The van der Waals surface area contributed by atoms with Gasteiger partial charge in [-0.25, -0.2) is 19.2 Å². The first kappa shape index (κ1) is 34.5. The summed E-state index contributed by atoms with van der Waals surface area (Å²) in [7, 11) is 0. The maximum Gasteiger partial charge on any atom is 0.331 e. The van der Waals surface area contributed by atoms with Crippen molar-refractivity contribution >= 4 is 24.0 Å². The van der Waals surface area contributed by atoms with Gasteiger partial charge in [0.15, 0.2) is 0 Å². The highest BCUT2D eigenvalue weighted by atomic mass is 16.5. The largest absolute Gasteiger partial charge is 0.460 e. The SMILES string of the molecule is O=C(NC1CCCCC1)N[C@H](COC(=O)/C=C/C(=O)OC[C@H](Cc1ccccc1)NC(=O)NC1CCCCC1)Cc1ccccc1. The summed E-state index contributed by atoms with van der Waals surface area (Å²) in [6.07, 6.45) is 13.6. The van der Waals surface area contributed by atoms with Gasteiger partial charge in [-0.15, -0.1) is 0 Å². The summed E-state index contributed by atoms with van der Waals surface area (Å²) < 4.78 is 10.8. The van der Waals surface area contributed by atoms with Gasteiger partial charge in [-0.05, 0) is 49.7 Å². The van der Waals surface area contributed by atoms with Gasteiger partial charge >= 0.3 is 24.0 Å². The molecule has 0 bridgehead atoms. The Bertz CT molecular complexity index is 1160. The fourth-order valence-corrected chi connectivity index (χ4v) is 6.02. The van der Waals surface area contributed by atoms with Crippen molar-refractivity contribution in [3.63, 3.8) is 0 Å². The monoisotopic (exact) mass is 632 g/mol. The molecule has 0 aromatic heterocycles. The van der Waals surface area contributed by atoms with Gasteiger partial charge in [-0.3, -0.25) is 0 Å². The van der Waals surface area contributed by atoms with E-state index in [2.05, 4.69) is 21.3 Å². The van der Waals surface area contributed by atoms with E-state index < -0.39 is 24.0 Å². The summed E-state index contributed by atoms with van der Waals surface area (Å²) in [4.78, 5) is 50.4. The lowest BCUT2D eigenvalue weighted by Gasteiger charge is -2.25. The zero-order valence-corrected chi connectivity index (χ0v) is 26.6. The van der Waals surface area contributed by atoms with Crippen molar-refractivity contribution in [1.82, 2.24) is 21.3 Å². The van der Waals surface area contributed by atoms with E-state index in [1.165, 1.54) is 12.8 Å². The minimum Gasteiger partial charge on any atom is -0.460 e. The molecule has 4 N–H and O–H groups in total. The Hall–Kier alpha value is -4.34. The van der Waals surface area contributed by atoms with Crippen molar-refractivity contribution in [2.24, 2.45) is 0 Å². The van der Waals surface area contributed by atoms with Gasteiger partial charge < -0.3 is 30.7 Å². The predicted octanol–water partition coefficient (Wildman–Crippen LogP) is 5.12. The van der Waals surface area contributed by atoms with Crippen LogP contribution < -0.4 is 21.3 Å². The van der Waals surface area contributed by atoms with Gasteiger partial charge in [0.25, 0.3) is 0 Å². The molecule has 0 saturated heterocycles. The number of amides is 4. The van der Waals surface area contributed by atoms with Crippen molar-refractivity contribution in [1.29, 1.82) is 0 Å². The molecule has 2 fully saturated rings. The number of carbonyl (C=O) groups excluding carboxylic acids is 4. The van der Waals surface area contributed by atoms with Gasteiger partial charge in [0.1, 0.15) is 13.2 Å². The van der Waals surface area contributed by atoms with E-state index in [1.54, 1.807) is 0 Å². The van der Waals surface area contributed by atoms with Crippen molar-refractivity contribution in [3.05, 3.63) is 83.9 Å². The lowest BCUT2D eigenvalue weighted by molar-refractivity contribution is -0.141. The summed E-state index contributed by atoms with van der Waals surface area (Å²) in [5.74, 6) is -1.45. The van der Waals surface area contributed by atoms with Crippen molar-refractivity contribution in [2.75, 3.05) is 13.2 Å². The van der Waals surface area contributed by atoms with Gasteiger partial charge in [0, 0.05) is 24.2 Å². The van der Waals surface area contributed by atoms with Crippen LogP contribution >= 0.6 is 0 Å². The van der Waals surface area contributed by atoms with Gasteiger partial charge in [0.2, 0.25) is 0 Å². The van der Waals surface area contributed by atoms with Crippen LogP contribution in [0.4, 0.5) is 9.59 Å². The van der Waals surface area contributed by atoms with E-state index in [0.717, 1.165) is 74.6 Å². The van der Waals surface area contributed by atoms with Gasteiger partial charge in [-0.1, -0.05) is 99.2 Å². The molecular weight excluding hydrogens is 584 g/mol. The zero-order chi connectivity index (χ0) is 32.4. The molecule has 248 valence electrons. The van der Waals surface area contributed by atoms with Crippen LogP contribution in [0.3, 0.4) is 0 Å². The third kappa shape index (κ3) is 13.3. The number of urea groups is 2. The molecule has 2 atom stereocenters. The number of nitrogens with one attached hydrogen (secondary N) is 4. The average molecular weight is 633 g/mol. The smallest absolute Gasteiger partial charge is 0.331 e. The quantitative estimate of drug-likeness (QED) is 0.169. The second kappa shape index (κ2) is 19.2. The molecular formula is C36H48N4O6. The molecule has 10 nitrogen and oxygen atoms in total. The Morgan fingerprint density at radius 1 is 0.587 bits per heavy atom. The van der Waals surface area contributed by atoms with Crippen LogP contribution in [0.1, 0.15) is 75.3 Å². The molecule has 46 heavy (non-hydrogen) atoms. The number of carbonyl (C=O) groups is 4. The Morgan fingerprint density at radius 3 is 1.33 bits per heavy atom. The first-order valence-corrected chi connectivity index (χ1v) is 16.7. The molecule has 4 amide bonds. The molecule has 0 aliphatic heterocycles. The molecule has 2 aromatic carbocycles. The maximum absolute atomic E-state index is 12.7. The third-order valence-corrected chi connectivity index (χ3v) is 8.41. The average Bonchev–Trinajstić information content (AvgIpc) is 3.07. The van der Waals surface area contributed by atoms with Crippen molar-refractivity contribution < 1.29 is 28.7 Å². The first-order valence-electron chi connectivity index (χ1n) is 16.7. The van der Waals surface area contributed by atoms with Gasteiger partial charge in [0.05, 0.1) is 12.1 Å². The van der Waals surface area contributed by atoms with Crippen molar-refractivity contribution in [3.8, 4) is 0 Å². The summed E-state index contributed by atoms with van der Waals surface area (Å²) in [5.41, 5.74) is 1.98. The van der Waals surface area contributed by atoms with E-state index in [1.807, 2.05) is 60.7 Å². The van der Waals surface area contributed by atoms with Crippen LogP contribution in [0.2, 0.25) is 0 Å². The normalized spacial score (nSPS) is 17.0. The maximum atomic E-state index is 12.7. The standard InChI is InChI=1S/C36H48N4O6/c41-33(45-25-31(23-27-13-5-1-6-14-27)39-35(43)37-29-17-9-3-10-18-29)21-22-34(42)46-26-32(24-28-15-7-2-8-16-28)40-36(44)38-30-19-11-4-12-20-30/h1-2,5-8,13-16,21-22,29-32H,3-4,9-12,17-20,23-26H2,(H2,37,39,43)(H2,38,40,44)/b22-21+/t31-,32-/m0/s1. The Labute approximate surface area is 272 Å². The number of benzene rings is 2. The Morgan fingerprint density at radius 2 is 0.957 bits per heavy atom. The fourth-order valence-electron chi connectivity index (χ4n) is 6.02. The fraction of sp³-hybridized carbons (Fsp3) is 0.500. The van der Waals surface area contributed by atoms with Crippen LogP contribution in [0.15, 0.2) is 72.8 Å².